The van der Waals surface area contributed by atoms with Crippen LogP contribution in [0.1, 0.15) is 38.3 Å². The third-order valence-corrected chi connectivity index (χ3v) is 4.08. The van der Waals surface area contributed by atoms with Crippen LogP contribution in [0, 0.1) is 5.92 Å². The normalized spacial score (nSPS) is 10.6. The van der Waals surface area contributed by atoms with Crippen molar-refractivity contribution in [1.29, 1.82) is 0 Å². The number of rotatable bonds is 9. The van der Waals surface area contributed by atoms with Crippen molar-refractivity contribution in [2.75, 3.05) is 17.2 Å². The molecule has 0 unspecified atom stereocenters. The molecule has 6 nitrogen and oxygen atoms in total. The SMILES string of the molecule is CCCOCc1ccccc1CNC(=O)Nc1cccc(NC(=O)C(C)C)c1. The number of carbonyl (C=O) groups excluding carboxylic acids is 2. The molecule has 0 atom stereocenters. The number of benzene rings is 2. The summed E-state index contributed by atoms with van der Waals surface area (Å²) in [5, 5.41) is 8.48. The molecule has 150 valence electrons. The lowest BCUT2D eigenvalue weighted by molar-refractivity contribution is -0.118. The molecule has 0 saturated carbocycles. The molecule has 3 N–H and O–H groups in total. The molecule has 2 aromatic carbocycles. The highest BCUT2D eigenvalue weighted by molar-refractivity contribution is 5.94. The largest absolute Gasteiger partial charge is 0.377 e. The highest BCUT2D eigenvalue weighted by atomic mass is 16.5. The van der Waals surface area contributed by atoms with E-state index in [4.69, 9.17) is 4.74 Å². The predicted octanol–water partition coefficient (Wildman–Crippen LogP) is 4.53. The molecule has 0 aliphatic heterocycles. The average molecular weight is 383 g/mol. The smallest absolute Gasteiger partial charge is 0.319 e. The molecule has 0 heterocycles. The summed E-state index contributed by atoms with van der Waals surface area (Å²) in [5.74, 6) is -0.176. The lowest BCUT2D eigenvalue weighted by Crippen LogP contribution is -2.28. The summed E-state index contributed by atoms with van der Waals surface area (Å²) in [5.41, 5.74) is 3.34. The molecule has 0 aromatic heterocycles. The van der Waals surface area contributed by atoms with E-state index in [9.17, 15) is 9.59 Å². The first-order valence-electron chi connectivity index (χ1n) is 9.60. The van der Waals surface area contributed by atoms with Crippen molar-refractivity contribution in [3.8, 4) is 0 Å². The minimum Gasteiger partial charge on any atom is -0.377 e. The Morgan fingerprint density at radius 1 is 0.964 bits per heavy atom. The Hall–Kier alpha value is -2.86. The average Bonchev–Trinajstić information content (AvgIpc) is 2.67. The van der Waals surface area contributed by atoms with E-state index in [1.54, 1.807) is 24.3 Å². The Morgan fingerprint density at radius 3 is 2.32 bits per heavy atom. The maximum absolute atomic E-state index is 12.3. The summed E-state index contributed by atoms with van der Waals surface area (Å²) >= 11 is 0. The van der Waals surface area contributed by atoms with Crippen LogP contribution in [0.2, 0.25) is 0 Å². The monoisotopic (exact) mass is 383 g/mol. The number of amides is 3. The summed E-state index contributed by atoms with van der Waals surface area (Å²) in [6.07, 6.45) is 0.972. The number of hydrogen-bond donors (Lipinski definition) is 3. The zero-order chi connectivity index (χ0) is 20.4. The van der Waals surface area contributed by atoms with Gasteiger partial charge in [0, 0.05) is 30.4 Å². The van der Waals surface area contributed by atoms with Gasteiger partial charge in [0.15, 0.2) is 0 Å². The number of anilines is 2. The van der Waals surface area contributed by atoms with E-state index >= 15 is 0 Å². The van der Waals surface area contributed by atoms with Gasteiger partial charge in [0.1, 0.15) is 0 Å². The Bertz CT molecular complexity index is 790. The van der Waals surface area contributed by atoms with Gasteiger partial charge in [-0.25, -0.2) is 4.79 Å². The summed E-state index contributed by atoms with van der Waals surface area (Å²) in [6.45, 7) is 7.38. The fourth-order valence-electron chi connectivity index (χ4n) is 2.51. The molecule has 0 aliphatic rings. The van der Waals surface area contributed by atoms with Crippen molar-refractivity contribution in [1.82, 2.24) is 5.32 Å². The Labute approximate surface area is 166 Å². The minimum atomic E-state index is -0.309. The van der Waals surface area contributed by atoms with Gasteiger partial charge in [-0.2, -0.15) is 0 Å². The van der Waals surface area contributed by atoms with Crippen LogP contribution < -0.4 is 16.0 Å². The number of urea groups is 1. The van der Waals surface area contributed by atoms with E-state index in [0.29, 0.717) is 31.1 Å². The number of hydrogen-bond acceptors (Lipinski definition) is 3. The molecule has 28 heavy (non-hydrogen) atoms. The van der Waals surface area contributed by atoms with Gasteiger partial charge in [-0.15, -0.1) is 0 Å². The van der Waals surface area contributed by atoms with Crippen LogP contribution in [0.5, 0.6) is 0 Å². The fourth-order valence-corrected chi connectivity index (χ4v) is 2.51. The summed E-state index contributed by atoms with van der Waals surface area (Å²) in [6, 6.07) is 14.7. The first-order valence-corrected chi connectivity index (χ1v) is 9.60. The van der Waals surface area contributed by atoms with Gasteiger partial charge in [-0.1, -0.05) is 51.1 Å². The maximum atomic E-state index is 12.3. The molecule has 6 heteroatoms. The first-order chi connectivity index (χ1) is 13.5. The second kappa shape index (κ2) is 11.1. The van der Waals surface area contributed by atoms with Crippen molar-refractivity contribution in [2.24, 2.45) is 5.92 Å². The molecular formula is C22H29N3O3. The molecule has 2 rings (SSSR count). The van der Waals surface area contributed by atoms with Gasteiger partial charge in [0.05, 0.1) is 6.61 Å². The number of carbonyl (C=O) groups is 2. The van der Waals surface area contributed by atoms with E-state index in [1.807, 2.05) is 38.1 Å². The van der Waals surface area contributed by atoms with Crippen LogP contribution in [0.15, 0.2) is 48.5 Å². The first kappa shape index (κ1) is 21.4. The van der Waals surface area contributed by atoms with E-state index in [1.165, 1.54) is 0 Å². The molecule has 0 saturated heterocycles. The zero-order valence-corrected chi connectivity index (χ0v) is 16.7. The number of nitrogens with one attached hydrogen (secondary N) is 3. The fraction of sp³-hybridized carbons (Fsp3) is 0.364. The molecule has 2 aromatic rings. The lowest BCUT2D eigenvalue weighted by Gasteiger charge is -2.13. The van der Waals surface area contributed by atoms with Gasteiger partial charge in [0.25, 0.3) is 0 Å². The van der Waals surface area contributed by atoms with Gasteiger partial charge in [-0.05, 0) is 35.7 Å². The van der Waals surface area contributed by atoms with Crippen molar-refractivity contribution in [3.63, 3.8) is 0 Å². The Balaban J connectivity index is 1.90. The molecule has 0 fully saturated rings. The topological polar surface area (TPSA) is 79.5 Å². The van der Waals surface area contributed by atoms with Crippen molar-refractivity contribution in [3.05, 3.63) is 59.7 Å². The third kappa shape index (κ3) is 7.04. The molecular weight excluding hydrogens is 354 g/mol. The lowest BCUT2D eigenvalue weighted by atomic mass is 10.1. The zero-order valence-electron chi connectivity index (χ0n) is 16.7. The maximum Gasteiger partial charge on any atom is 0.319 e. The molecule has 0 radical (unpaired) electrons. The van der Waals surface area contributed by atoms with Crippen LogP contribution in [0.25, 0.3) is 0 Å². The van der Waals surface area contributed by atoms with E-state index in [2.05, 4.69) is 22.9 Å². The molecule has 0 spiro atoms. The quantitative estimate of drug-likeness (QED) is 0.557. The van der Waals surface area contributed by atoms with E-state index in [0.717, 1.165) is 17.5 Å². The van der Waals surface area contributed by atoms with Crippen LogP contribution >= 0.6 is 0 Å². The van der Waals surface area contributed by atoms with E-state index in [-0.39, 0.29) is 17.9 Å². The van der Waals surface area contributed by atoms with Crippen LogP contribution in [-0.2, 0) is 22.7 Å². The summed E-state index contributed by atoms with van der Waals surface area (Å²) in [4.78, 5) is 24.1. The second-order valence-electron chi connectivity index (χ2n) is 6.85. The predicted molar refractivity (Wildman–Crippen MR) is 112 cm³/mol. The standard InChI is InChI=1S/C22H29N3O3/c1-4-12-28-15-18-9-6-5-8-17(18)14-23-22(27)25-20-11-7-10-19(13-20)24-21(26)16(2)3/h5-11,13,16H,4,12,14-15H2,1-3H3,(H,24,26)(H2,23,25,27). The Morgan fingerprint density at radius 2 is 1.64 bits per heavy atom. The summed E-state index contributed by atoms with van der Waals surface area (Å²) < 4.78 is 5.61. The van der Waals surface area contributed by atoms with Crippen LogP contribution in [-0.4, -0.2) is 18.5 Å². The highest BCUT2D eigenvalue weighted by Crippen LogP contribution is 2.16. The van der Waals surface area contributed by atoms with Gasteiger partial charge in [-0.3, -0.25) is 4.79 Å². The van der Waals surface area contributed by atoms with Crippen molar-refractivity contribution < 1.29 is 14.3 Å². The van der Waals surface area contributed by atoms with Crippen molar-refractivity contribution in [2.45, 2.75) is 40.3 Å². The molecule has 0 aliphatic carbocycles. The third-order valence-electron chi connectivity index (χ3n) is 4.08. The minimum absolute atomic E-state index is 0.0662. The second-order valence-corrected chi connectivity index (χ2v) is 6.85. The molecule has 0 bridgehead atoms. The van der Waals surface area contributed by atoms with Gasteiger partial charge in [0.2, 0.25) is 5.91 Å². The Kier molecular flexibility index (Phi) is 8.49. The number of ether oxygens (including phenoxy) is 1. The van der Waals surface area contributed by atoms with Crippen molar-refractivity contribution >= 4 is 23.3 Å². The summed E-state index contributed by atoms with van der Waals surface area (Å²) in [7, 11) is 0. The van der Waals surface area contributed by atoms with Crippen LogP contribution in [0.3, 0.4) is 0 Å². The van der Waals surface area contributed by atoms with Gasteiger partial charge >= 0.3 is 6.03 Å². The highest BCUT2D eigenvalue weighted by Gasteiger charge is 2.09. The van der Waals surface area contributed by atoms with Gasteiger partial charge < -0.3 is 20.7 Å². The van der Waals surface area contributed by atoms with E-state index < -0.39 is 0 Å². The molecule has 3 amide bonds. The van der Waals surface area contributed by atoms with Crippen LogP contribution in [0.4, 0.5) is 16.2 Å².